The fraction of sp³-hybridized carbons (Fsp3) is 0.0952. The predicted octanol–water partition coefficient (Wildman–Crippen LogP) is 4.51. The summed E-state index contributed by atoms with van der Waals surface area (Å²) in [5, 5.41) is 11.7. The first-order valence-corrected chi connectivity index (χ1v) is 9.47. The van der Waals surface area contributed by atoms with Gasteiger partial charge in [-0.3, -0.25) is 9.20 Å². The number of benzene rings is 2. The number of fused-ring (bicyclic) bond motifs is 1. The molecule has 4 aromatic rings. The van der Waals surface area contributed by atoms with Crippen molar-refractivity contribution in [1.82, 2.24) is 14.6 Å². The van der Waals surface area contributed by atoms with E-state index >= 15 is 0 Å². The minimum atomic E-state index is -0.444. The molecule has 4 rings (SSSR count). The van der Waals surface area contributed by atoms with Gasteiger partial charge >= 0.3 is 0 Å². The fourth-order valence-electron chi connectivity index (χ4n) is 2.75. The standard InChI is InChI=1S/C21H18N4OS/c1-15-10-12-17(13-11-15)22-20(26)19(16-7-3-2-4-8-16)27-21-24-23-18-9-5-6-14-25(18)21/h2-14,19H,1H3,(H,22,26). The van der Waals surface area contributed by atoms with Crippen molar-refractivity contribution in [2.24, 2.45) is 0 Å². The zero-order valence-corrected chi connectivity index (χ0v) is 15.6. The second-order valence-electron chi connectivity index (χ2n) is 6.18. The highest BCUT2D eigenvalue weighted by molar-refractivity contribution is 8.00. The summed E-state index contributed by atoms with van der Waals surface area (Å²) in [6.45, 7) is 2.02. The van der Waals surface area contributed by atoms with Crippen molar-refractivity contribution >= 4 is 29.0 Å². The molecular formula is C21H18N4OS. The first-order valence-electron chi connectivity index (χ1n) is 8.59. The molecule has 0 aliphatic heterocycles. The number of thioether (sulfide) groups is 1. The highest BCUT2D eigenvalue weighted by Gasteiger charge is 2.24. The summed E-state index contributed by atoms with van der Waals surface area (Å²) < 4.78 is 1.89. The molecular weight excluding hydrogens is 356 g/mol. The molecule has 0 bridgehead atoms. The lowest BCUT2D eigenvalue weighted by atomic mass is 10.1. The molecule has 2 aromatic carbocycles. The molecule has 2 aromatic heterocycles. The van der Waals surface area contributed by atoms with Crippen molar-refractivity contribution in [1.29, 1.82) is 0 Å². The topological polar surface area (TPSA) is 59.3 Å². The molecule has 1 amide bonds. The van der Waals surface area contributed by atoms with E-state index in [1.807, 2.05) is 90.3 Å². The van der Waals surface area contributed by atoms with E-state index in [0.717, 1.165) is 22.5 Å². The van der Waals surface area contributed by atoms with Crippen LogP contribution < -0.4 is 5.32 Å². The summed E-state index contributed by atoms with van der Waals surface area (Å²) in [5.74, 6) is -0.0947. The number of nitrogens with one attached hydrogen (secondary N) is 1. The number of rotatable bonds is 5. The van der Waals surface area contributed by atoms with Crippen molar-refractivity contribution in [2.75, 3.05) is 5.32 Å². The lowest BCUT2D eigenvalue weighted by Crippen LogP contribution is -2.19. The van der Waals surface area contributed by atoms with Crippen LogP contribution in [0.1, 0.15) is 16.4 Å². The van der Waals surface area contributed by atoms with Crippen LogP contribution in [0.15, 0.2) is 84.1 Å². The monoisotopic (exact) mass is 374 g/mol. The minimum Gasteiger partial charge on any atom is -0.325 e. The van der Waals surface area contributed by atoms with Crippen LogP contribution in [-0.2, 0) is 4.79 Å². The molecule has 1 unspecified atom stereocenters. The van der Waals surface area contributed by atoms with Crippen molar-refractivity contribution in [3.05, 3.63) is 90.1 Å². The average Bonchev–Trinajstić information content (AvgIpc) is 3.11. The van der Waals surface area contributed by atoms with E-state index in [2.05, 4.69) is 15.5 Å². The van der Waals surface area contributed by atoms with Crippen LogP contribution in [0.25, 0.3) is 5.65 Å². The van der Waals surface area contributed by atoms with Crippen molar-refractivity contribution in [2.45, 2.75) is 17.3 Å². The number of pyridine rings is 1. The summed E-state index contributed by atoms with van der Waals surface area (Å²) in [4.78, 5) is 13.1. The number of nitrogens with zero attached hydrogens (tertiary/aromatic N) is 3. The smallest absolute Gasteiger partial charge is 0.242 e. The molecule has 1 atom stereocenters. The van der Waals surface area contributed by atoms with Crippen molar-refractivity contribution in [3.8, 4) is 0 Å². The molecule has 0 aliphatic rings. The Morgan fingerprint density at radius 3 is 2.48 bits per heavy atom. The van der Waals surface area contributed by atoms with Crippen LogP contribution in [0.4, 0.5) is 5.69 Å². The maximum Gasteiger partial charge on any atom is 0.242 e. The highest BCUT2D eigenvalue weighted by atomic mass is 32.2. The number of carbonyl (C=O) groups is 1. The second-order valence-corrected chi connectivity index (χ2v) is 7.25. The van der Waals surface area contributed by atoms with Crippen molar-refractivity contribution < 1.29 is 4.79 Å². The predicted molar refractivity (Wildman–Crippen MR) is 108 cm³/mol. The van der Waals surface area contributed by atoms with E-state index in [9.17, 15) is 4.79 Å². The van der Waals surface area contributed by atoms with Crippen LogP contribution in [0, 0.1) is 6.92 Å². The molecule has 2 heterocycles. The molecule has 6 heteroatoms. The third-order valence-electron chi connectivity index (χ3n) is 4.17. The van der Waals surface area contributed by atoms with Crippen LogP contribution in [-0.4, -0.2) is 20.5 Å². The van der Waals surface area contributed by atoms with E-state index in [4.69, 9.17) is 0 Å². The normalized spacial score (nSPS) is 12.0. The van der Waals surface area contributed by atoms with Gasteiger partial charge in [0.1, 0.15) is 5.25 Å². The van der Waals surface area contributed by atoms with Gasteiger partial charge in [0.05, 0.1) is 0 Å². The van der Waals surface area contributed by atoms with E-state index in [1.165, 1.54) is 11.8 Å². The number of amides is 1. The van der Waals surface area contributed by atoms with E-state index in [-0.39, 0.29) is 5.91 Å². The van der Waals surface area contributed by atoms with Crippen LogP contribution in [0.3, 0.4) is 0 Å². The number of hydrogen-bond acceptors (Lipinski definition) is 4. The van der Waals surface area contributed by atoms with Crippen molar-refractivity contribution in [3.63, 3.8) is 0 Å². The Morgan fingerprint density at radius 2 is 1.70 bits per heavy atom. The summed E-state index contributed by atoms with van der Waals surface area (Å²) in [6, 6.07) is 23.2. The Balaban J connectivity index is 1.64. The molecule has 134 valence electrons. The van der Waals surface area contributed by atoms with Gasteiger partial charge in [0.2, 0.25) is 5.91 Å². The third-order valence-corrected chi connectivity index (χ3v) is 5.38. The molecule has 0 spiro atoms. The Kier molecular flexibility index (Phi) is 4.89. The number of aryl methyl sites for hydroxylation is 1. The quantitative estimate of drug-likeness (QED) is 0.522. The summed E-state index contributed by atoms with van der Waals surface area (Å²) in [6.07, 6.45) is 1.90. The van der Waals surface area contributed by atoms with Gasteiger partial charge in [-0.25, -0.2) is 0 Å². The fourth-order valence-corrected chi connectivity index (χ4v) is 3.78. The highest BCUT2D eigenvalue weighted by Crippen LogP contribution is 2.35. The van der Waals surface area contributed by atoms with Gasteiger partial charge in [-0.1, -0.05) is 65.9 Å². The van der Waals surface area contributed by atoms with Gasteiger partial charge in [-0.15, -0.1) is 10.2 Å². The zero-order valence-electron chi connectivity index (χ0n) is 14.7. The van der Waals surface area contributed by atoms with E-state index in [0.29, 0.717) is 5.16 Å². The minimum absolute atomic E-state index is 0.0947. The third kappa shape index (κ3) is 3.85. The maximum absolute atomic E-state index is 13.1. The Hall–Kier alpha value is -3.12. The number of aromatic nitrogens is 3. The molecule has 0 aliphatic carbocycles. The Labute approximate surface area is 161 Å². The molecule has 1 N–H and O–H groups in total. The van der Waals surface area contributed by atoms with Gasteiger partial charge in [0.15, 0.2) is 10.8 Å². The van der Waals surface area contributed by atoms with Crippen LogP contribution in [0.2, 0.25) is 0 Å². The number of anilines is 1. The van der Waals surface area contributed by atoms with Crippen LogP contribution >= 0.6 is 11.8 Å². The lowest BCUT2D eigenvalue weighted by Gasteiger charge is -2.16. The lowest BCUT2D eigenvalue weighted by molar-refractivity contribution is -0.115. The maximum atomic E-state index is 13.1. The Bertz CT molecular complexity index is 1060. The molecule has 0 fully saturated rings. The SMILES string of the molecule is Cc1ccc(NC(=O)C(Sc2nnc3ccccn23)c2ccccc2)cc1. The van der Waals surface area contributed by atoms with Gasteiger partial charge in [0, 0.05) is 11.9 Å². The van der Waals surface area contributed by atoms with Crippen LogP contribution in [0.5, 0.6) is 0 Å². The van der Waals surface area contributed by atoms with Gasteiger partial charge in [-0.2, -0.15) is 0 Å². The Morgan fingerprint density at radius 1 is 0.963 bits per heavy atom. The summed E-state index contributed by atoms with van der Waals surface area (Å²) >= 11 is 1.39. The molecule has 0 saturated carbocycles. The number of carbonyl (C=O) groups excluding carboxylic acids is 1. The van der Waals surface area contributed by atoms with E-state index in [1.54, 1.807) is 0 Å². The molecule has 0 saturated heterocycles. The number of hydrogen-bond donors (Lipinski definition) is 1. The average molecular weight is 374 g/mol. The zero-order chi connectivity index (χ0) is 18.6. The molecule has 27 heavy (non-hydrogen) atoms. The first kappa shape index (κ1) is 17.3. The van der Waals surface area contributed by atoms with Gasteiger partial charge in [-0.05, 0) is 36.8 Å². The molecule has 5 nitrogen and oxygen atoms in total. The van der Waals surface area contributed by atoms with Gasteiger partial charge in [0.25, 0.3) is 0 Å². The first-order chi connectivity index (χ1) is 13.2. The molecule has 0 radical (unpaired) electrons. The summed E-state index contributed by atoms with van der Waals surface area (Å²) in [7, 11) is 0. The van der Waals surface area contributed by atoms with E-state index < -0.39 is 5.25 Å². The largest absolute Gasteiger partial charge is 0.325 e. The van der Waals surface area contributed by atoms with Gasteiger partial charge < -0.3 is 5.32 Å². The summed E-state index contributed by atoms with van der Waals surface area (Å²) in [5.41, 5.74) is 3.60. The second kappa shape index (κ2) is 7.63.